The maximum Gasteiger partial charge on any atom is 0.348 e. The lowest BCUT2D eigenvalue weighted by Gasteiger charge is -2.14. The molecule has 22 heavy (non-hydrogen) atoms. The summed E-state index contributed by atoms with van der Waals surface area (Å²) in [5.74, 6) is -0.713. The van der Waals surface area contributed by atoms with E-state index in [9.17, 15) is 9.59 Å². The smallest absolute Gasteiger partial charge is 0.348 e. The Balaban J connectivity index is 2.26. The average Bonchev–Trinajstić information content (AvgIpc) is 2.90. The number of nitrogens with zero attached hydrogens (tertiary/aromatic N) is 1. The summed E-state index contributed by atoms with van der Waals surface area (Å²) in [6, 6.07) is 9.06. The van der Waals surface area contributed by atoms with Crippen LogP contribution in [-0.4, -0.2) is 18.5 Å². The molecule has 6 heteroatoms. The number of thiophene rings is 1. The molecule has 114 valence electrons. The zero-order valence-corrected chi connectivity index (χ0v) is 13.4. The van der Waals surface area contributed by atoms with E-state index in [-0.39, 0.29) is 11.9 Å². The summed E-state index contributed by atoms with van der Waals surface area (Å²) in [5, 5.41) is 12.5. The van der Waals surface area contributed by atoms with Gasteiger partial charge in [0, 0.05) is 10.4 Å². The van der Waals surface area contributed by atoms with Crippen LogP contribution in [0.4, 0.5) is 5.69 Å². The first-order valence-corrected chi connectivity index (χ1v) is 7.62. The molecule has 1 aromatic heterocycles. The van der Waals surface area contributed by atoms with Gasteiger partial charge in [0.1, 0.15) is 10.3 Å². The Morgan fingerprint density at radius 3 is 2.73 bits per heavy atom. The number of nitriles is 1. The number of esters is 1. The van der Waals surface area contributed by atoms with E-state index in [0.717, 1.165) is 10.1 Å². The van der Waals surface area contributed by atoms with Crippen molar-refractivity contribution in [2.24, 2.45) is 5.41 Å². The largest absolute Gasteiger partial charge is 0.462 e. The zero-order valence-electron chi connectivity index (χ0n) is 12.6. The molecule has 0 aliphatic carbocycles. The van der Waals surface area contributed by atoms with E-state index in [2.05, 4.69) is 5.32 Å². The molecule has 0 unspecified atom stereocenters. The number of rotatable bonds is 4. The molecule has 2 rings (SSSR count). The van der Waals surface area contributed by atoms with Crippen LogP contribution >= 0.6 is 11.3 Å². The van der Waals surface area contributed by atoms with Crippen LogP contribution < -0.4 is 5.32 Å². The van der Waals surface area contributed by atoms with Crippen molar-refractivity contribution >= 4 is 39.0 Å². The zero-order chi connectivity index (χ0) is 16.3. The van der Waals surface area contributed by atoms with Crippen LogP contribution in [0.15, 0.2) is 24.3 Å². The van der Waals surface area contributed by atoms with Gasteiger partial charge >= 0.3 is 5.97 Å². The highest BCUT2D eigenvalue weighted by atomic mass is 32.1. The van der Waals surface area contributed by atoms with Crippen LogP contribution in [0.3, 0.4) is 0 Å². The van der Waals surface area contributed by atoms with Crippen LogP contribution in [0.25, 0.3) is 10.1 Å². The molecule has 1 amide bonds. The van der Waals surface area contributed by atoms with Gasteiger partial charge < -0.3 is 10.1 Å². The number of carbonyl (C=O) groups is 2. The van der Waals surface area contributed by atoms with E-state index >= 15 is 0 Å². The predicted molar refractivity (Wildman–Crippen MR) is 85.8 cm³/mol. The van der Waals surface area contributed by atoms with Gasteiger partial charge in [-0.25, -0.2) is 4.79 Å². The summed E-state index contributed by atoms with van der Waals surface area (Å²) in [6.07, 6.45) is 0. The second kappa shape index (κ2) is 6.16. The Morgan fingerprint density at radius 1 is 1.36 bits per heavy atom. The number of hydrogen-bond acceptors (Lipinski definition) is 5. The van der Waals surface area contributed by atoms with E-state index in [4.69, 9.17) is 10.00 Å². The van der Waals surface area contributed by atoms with Crippen LogP contribution in [0.5, 0.6) is 0 Å². The SMILES string of the molecule is CCOC(=O)c1cc2cc(NC(=O)C(C)(C)C#N)ccc2s1. The summed E-state index contributed by atoms with van der Waals surface area (Å²) in [4.78, 5) is 24.3. The molecule has 1 aromatic carbocycles. The summed E-state index contributed by atoms with van der Waals surface area (Å²) < 4.78 is 5.91. The third-order valence-electron chi connectivity index (χ3n) is 3.10. The van der Waals surface area contributed by atoms with Gasteiger partial charge in [-0.15, -0.1) is 11.3 Å². The highest BCUT2D eigenvalue weighted by Crippen LogP contribution is 2.29. The van der Waals surface area contributed by atoms with Gasteiger partial charge in [0.2, 0.25) is 5.91 Å². The van der Waals surface area contributed by atoms with Crippen molar-refractivity contribution in [2.75, 3.05) is 11.9 Å². The summed E-state index contributed by atoms with van der Waals surface area (Å²) in [7, 11) is 0. The van der Waals surface area contributed by atoms with E-state index in [0.29, 0.717) is 17.2 Å². The molecule has 5 nitrogen and oxygen atoms in total. The van der Waals surface area contributed by atoms with Gasteiger partial charge in [0.15, 0.2) is 0 Å². The molecule has 0 saturated carbocycles. The van der Waals surface area contributed by atoms with Crippen LogP contribution in [0.2, 0.25) is 0 Å². The van der Waals surface area contributed by atoms with Crippen LogP contribution in [0, 0.1) is 16.7 Å². The van der Waals surface area contributed by atoms with Gasteiger partial charge in [0.25, 0.3) is 0 Å². The molecule has 1 N–H and O–H groups in total. The summed E-state index contributed by atoms with van der Waals surface area (Å²) in [6.45, 7) is 5.21. The maximum atomic E-state index is 12.0. The van der Waals surface area contributed by atoms with Crippen LogP contribution in [-0.2, 0) is 9.53 Å². The molecule has 2 aromatic rings. The Kier molecular flexibility index (Phi) is 4.48. The van der Waals surface area contributed by atoms with Crippen molar-refractivity contribution in [3.8, 4) is 6.07 Å². The lowest BCUT2D eigenvalue weighted by Crippen LogP contribution is -2.29. The number of carbonyl (C=O) groups excluding carboxylic acids is 2. The highest BCUT2D eigenvalue weighted by molar-refractivity contribution is 7.20. The molecule has 0 radical (unpaired) electrons. The van der Waals surface area contributed by atoms with Gasteiger partial charge in [-0.2, -0.15) is 5.26 Å². The van der Waals surface area contributed by atoms with Crippen molar-refractivity contribution in [3.05, 3.63) is 29.1 Å². The van der Waals surface area contributed by atoms with Crippen molar-refractivity contribution in [3.63, 3.8) is 0 Å². The third-order valence-corrected chi connectivity index (χ3v) is 4.19. The minimum absolute atomic E-state index is 0.331. The predicted octanol–water partition coefficient (Wildman–Crippen LogP) is 3.57. The Bertz CT molecular complexity index is 771. The number of ether oxygens (including phenoxy) is 1. The molecular weight excluding hydrogens is 300 g/mol. The number of hydrogen-bond donors (Lipinski definition) is 1. The Hall–Kier alpha value is -2.39. The third kappa shape index (κ3) is 3.26. The Labute approximate surface area is 132 Å². The van der Waals surface area contributed by atoms with Gasteiger partial charge in [-0.05, 0) is 50.4 Å². The van der Waals surface area contributed by atoms with Crippen molar-refractivity contribution < 1.29 is 14.3 Å². The lowest BCUT2D eigenvalue weighted by molar-refractivity contribution is -0.121. The number of fused-ring (bicyclic) bond motifs is 1. The molecule has 0 bridgehead atoms. The molecule has 0 fully saturated rings. The van der Waals surface area contributed by atoms with E-state index in [1.165, 1.54) is 11.3 Å². The summed E-state index contributed by atoms with van der Waals surface area (Å²) >= 11 is 1.34. The number of amides is 1. The molecule has 0 aliphatic rings. The van der Waals surface area contributed by atoms with E-state index in [1.807, 2.05) is 12.1 Å². The normalized spacial score (nSPS) is 11.0. The second-order valence-electron chi connectivity index (χ2n) is 5.27. The minimum atomic E-state index is -1.10. The first-order valence-electron chi connectivity index (χ1n) is 6.81. The Morgan fingerprint density at radius 2 is 2.09 bits per heavy atom. The van der Waals surface area contributed by atoms with Crippen LogP contribution in [0.1, 0.15) is 30.4 Å². The molecule has 0 spiro atoms. The fraction of sp³-hybridized carbons (Fsp3) is 0.312. The van der Waals surface area contributed by atoms with Gasteiger partial charge in [-0.3, -0.25) is 4.79 Å². The van der Waals surface area contributed by atoms with Gasteiger partial charge in [0.05, 0.1) is 12.7 Å². The number of nitrogens with one attached hydrogen (secondary N) is 1. The van der Waals surface area contributed by atoms with E-state index < -0.39 is 5.41 Å². The first-order chi connectivity index (χ1) is 10.4. The topological polar surface area (TPSA) is 79.2 Å². The van der Waals surface area contributed by atoms with Gasteiger partial charge in [-0.1, -0.05) is 0 Å². The average molecular weight is 316 g/mol. The van der Waals surface area contributed by atoms with Crippen molar-refractivity contribution in [2.45, 2.75) is 20.8 Å². The fourth-order valence-electron chi connectivity index (χ4n) is 1.76. The highest BCUT2D eigenvalue weighted by Gasteiger charge is 2.27. The monoisotopic (exact) mass is 316 g/mol. The second-order valence-corrected chi connectivity index (χ2v) is 6.36. The summed E-state index contributed by atoms with van der Waals surface area (Å²) in [5.41, 5.74) is -0.506. The molecule has 0 atom stereocenters. The molecule has 0 aliphatic heterocycles. The fourth-order valence-corrected chi connectivity index (χ4v) is 2.70. The molecule has 0 saturated heterocycles. The molecular formula is C16H16N2O3S. The van der Waals surface area contributed by atoms with E-state index in [1.54, 1.807) is 39.0 Å². The minimum Gasteiger partial charge on any atom is -0.462 e. The lowest BCUT2D eigenvalue weighted by atomic mass is 9.94. The quantitative estimate of drug-likeness (QED) is 0.875. The molecule has 1 heterocycles. The number of benzene rings is 1. The number of anilines is 1. The van der Waals surface area contributed by atoms with Crippen molar-refractivity contribution in [1.82, 2.24) is 0 Å². The standard InChI is InChI=1S/C16H16N2O3S/c1-4-21-14(19)13-8-10-7-11(5-6-12(10)22-13)18-15(20)16(2,3)9-17/h5-8H,4H2,1-3H3,(H,18,20). The first kappa shape index (κ1) is 16.0. The van der Waals surface area contributed by atoms with Crippen molar-refractivity contribution in [1.29, 1.82) is 5.26 Å². The maximum absolute atomic E-state index is 12.0.